The van der Waals surface area contributed by atoms with E-state index in [-0.39, 0.29) is 11.2 Å². The fraction of sp³-hybridized carbons (Fsp3) is 0.324. The van der Waals surface area contributed by atoms with Crippen molar-refractivity contribution in [2.45, 2.75) is 32.9 Å². The molecule has 0 bridgehead atoms. The van der Waals surface area contributed by atoms with Crippen molar-refractivity contribution in [1.82, 2.24) is 14.8 Å². The van der Waals surface area contributed by atoms with Gasteiger partial charge in [0.25, 0.3) is 11.8 Å². The summed E-state index contributed by atoms with van der Waals surface area (Å²) in [5.74, 6) is -0.422. The van der Waals surface area contributed by atoms with Gasteiger partial charge in [-0.1, -0.05) is 6.07 Å². The first kappa shape index (κ1) is 29.5. The number of rotatable bonds is 6. The zero-order valence-corrected chi connectivity index (χ0v) is 25.2. The highest BCUT2D eigenvalue weighted by Crippen LogP contribution is 2.31. The molecule has 4 aromatic rings. The van der Waals surface area contributed by atoms with Gasteiger partial charge in [0.15, 0.2) is 11.5 Å². The number of nitrogens with zero attached hydrogens (tertiary/aromatic N) is 3. The summed E-state index contributed by atoms with van der Waals surface area (Å²) in [4.78, 5) is 35.7. The third-order valence-corrected chi connectivity index (χ3v) is 7.99. The predicted octanol–water partition coefficient (Wildman–Crippen LogP) is 5.57. The van der Waals surface area contributed by atoms with Gasteiger partial charge in [0.05, 0.1) is 16.9 Å². The number of halogens is 1. The Morgan fingerprint density at radius 1 is 0.818 bits per heavy atom. The standard InChI is InChI=1S/C34H36FN5O4/c1-34(2,3)40-14-12-39(13-15-40)21-26-7-4-22-18-23(5-10-28(22)36-26)33(42)38-29-20-25(8-9-27(29)35)37-32(41)24-6-11-30-31(19-24)44-17-16-43-30/h4-11,18-20H,12-17,21H2,1-3H3,(H,37,41)(H,38,42). The van der Waals surface area contributed by atoms with E-state index >= 15 is 0 Å². The molecule has 2 aliphatic heterocycles. The summed E-state index contributed by atoms with van der Waals surface area (Å²) in [5.41, 5.74) is 2.97. The minimum absolute atomic E-state index is 0.0462. The second-order valence-corrected chi connectivity index (χ2v) is 12.1. The molecule has 228 valence electrons. The lowest BCUT2D eigenvalue weighted by molar-refractivity contribution is 0.0586. The molecule has 0 unspecified atom stereocenters. The number of piperazine rings is 1. The van der Waals surface area contributed by atoms with Gasteiger partial charge in [-0.25, -0.2) is 4.39 Å². The summed E-state index contributed by atoms with van der Waals surface area (Å²) in [5, 5.41) is 6.20. The topological polar surface area (TPSA) is 96.0 Å². The Balaban J connectivity index is 1.10. The first-order valence-corrected chi connectivity index (χ1v) is 14.8. The first-order chi connectivity index (χ1) is 21.1. The van der Waals surface area contributed by atoms with Crippen molar-refractivity contribution in [3.63, 3.8) is 0 Å². The lowest BCUT2D eigenvalue weighted by Gasteiger charge is -2.42. The van der Waals surface area contributed by atoms with Crippen LogP contribution in [0.4, 0.5) is 15.8 Å². The second-order valence-electron chi connectivity index (χ2n) is 12.1. The summed E-state index contributed by atoms with van der Waals surface area (Å²) in [7, 11) is 0. The van der Waals surface area contributed by atoms with Crippen LogP contribution in [0, 0.1) is 5.82 Å². The number of aromatic nitrogens is 1. The van der Waals surface area contributed by atoms with Gasteiger partial charge in [-0.05, 0) is 81.4 Å². The van der Waals surface area contributed by atoms with Crippen LogP contribution in [-0.2, 0) is 6.54 Å². The fourth-order valence-corrected chi connectivity index (χ4v) is 5.48. The van der Waals surface area contributed by atoms with Gasteiger partial charge in [-0.3, -0.25) is 24.4 Å². The predicted molar refractivity (Wildman–Crippen MR) is 168 cm³/mol. The number of hydrogen-bond acceptors (Lipinski definition) is 7. The van der Waals surface area contributed by atoms with Gasteiger partial charge in [-0.2, -0.15) is 0 Å². The third-order valence-electron chi connectivity index (χ3n) is 7.99. The van der Waals surface area contributed by atoms with Crippen LogP contribution in [0.3, 0.4) is 0 Å². The van der Waals surface area contributed by atoms with Crippen molar-refractivity contribution in [3.8, 4) is 11.5 Å². The second kappa shape index (κ2) is 12.2. The number of nitrogens with one attached hydrogen (secondary N) is 2. The lowest BCUT2D eigenvalue weighted by atomic mass is 10.0. The SMILES string of the molecule is CC(C)(C)N1CCN(Cc2ccc3cc(C(=O)Nc4cc(NC(=O)c5ccc6c(c5)OCCO6)ccc4F)ccc3n2)CC1. The molecular weight excluding hydrogens is 561 g/mol. The molecule has 2 aliphatic rings. The average molecular weight is 598 g/mol. The maximum Gasteiger partial charge on any atom is 0.255 e. The van der Waals surface area contributed by atoms with Crippen LogP contribution in [0.1, 0.15) is 47.2 Å². The molecule has 0 radical (unpaired) electrons. The smallest absolute Gasteiger partial charge is 0.255 e. The van der Waals surface area contributed by atoms with Gasteiger partial charge in [0.2, 0.25) is 0 Å². The van der Waals surface area contributed by atoms with E-state index in [0.29, 0.717) is 41.5 Å². The zero-order chi connectivity index (χ0) is 30.8. The number of hydrogen-bond donors (Lipinski definition) is 2. The molecule has 2 amide bonds. The number of fused-ring (bicyclic) bond motifs is 2. The Hall–Kier alpha value is -4.54. The fourth-order valence-electron chi connectivity index (χ4n) is 5.48. The number of amides is 2. The molecule has 1 aromatic heterocycles. The summed E-state index contributed by atoms with van der Waals surface area (Å²) < 4.78 is 25.7. The molecule has 0 spiro atoms. The Morgan fingerprint density at radius 2 is 1.52 bits per heavy atom. The maximum absolute atomic E-state index is 14.7. The molecule has 0 atom stereocenters. The summed E-state index contributed by atoms with van der Waals surface area (Å²) in [6.07, 6.45) is 0. The lowest BCUT2D eigenvalue weighted by Crippen LogP contribution is -2.53. The van der Waals surface area contributed by atoms with Crippen LogP contribution in [0.5, 0.6) is 11.5 Å². The number of carbonyl (C=O) groups is 2. The van der Waals surface area contributed by atoms with E-state index in [4.69, 9.17) is 14.5 Å². The number of ether oxygens (including phenoxy) is 2. The molecule has 0 saturated carbocycles. The molecule has 1 saturated heterocycles. The van der Waals surface area contributed by atoms with Crippen LogP contribution in [0.15, 0.2) is 66.7 Å². The molecule has 10 heteroatoms. The van der Waals surface area contributed by atoms with E-state index in [2.05, 4.69) is 41.2 Å². The Bertz CT molecular complexity index is 1710. The number of anilines is 2. The van der Waals surface area contributed by atoms with Gasteiger partial charge in [0, 0.05) is 60.5 Å². The van der Waals surface area contributed by atoms with E-state index < -0.39 is 17.6 Å². The van der Waals surface area contributed by atoms with Crippen molar-refractivity contribution < 1.29 is 23.5 Å². The van der Waals surface area contributed by atoms with E-state index in [1.807, 2.05) is 18.2 Å². The van der Waals surface area contributed by atoms with Crippen molar-refractivity contribution in [2.24, 2.45) is 0 Å². The monoisotopic (exact) mass is 597 g/mol. The van der Waals surface area contributed by atoms with E-state index in [0.717, 1.165) is 49.3 Å². The number of pyridine rings is 1. The van der Waals surface area contributed by atoms with E-state index in [9.17, 15) is 14.0 Å². The molecule has 6 rings (SSSR count). The zero-order valence-electron chi connectivity index (χ0n) is 25.2. The molecule has 44 heavy (non-hydrogen) atoms. The summed E-state index contributed by atoms with van der Waals surface area (Å²) in [6, 6.07) is 18.1. The van der Waals surface area contributed by atoms with Crippen molar-refractivity contribution in [3.05, 3.63) is 89.4 Å². The maximum atomic E-state index is 14.7. The quantitative estimate of drug-likeness (QED) is 0.300. The molecular formula is C34H36FN5O4. The summed E-state index contributed by atoms with van der Waals surface area (Å²) >= 11 is 0. The van der Waals surface area contributed by atoms with Crippen LogP contribution < -0.4 is 20.1 Å². The van der Waals surface area contributed by atoms with Gasteiger partial charge in [0.1, 0.15) is 19.0 Å². The van der Waals surface area contributed by atoms with Gasteiger partial charge < -0.3 is 20.1 Å². The molecule has 3 heterocycles. The Labute approximate surface area is 256 Å². The molecule has 0 aliphatic carbocycles. The van der Waals surface area contributed by atoms with E-state index in [1.165, 1.54) is 18.2 Å². The Kier molecular flexibility index (Phi) is 8.20. The molecule has 2 N–H and O–H groups in total. The Morgan fingerprint density at radius 3 is 2.30 bits per heavy atom. The van der Waals surface area contributed by atoms with Gasteiger partial charge in [-0.15, -0.1) is 0 Å². The van der Waals surface area contributed by atoms with Crippen molar-refractivity contribution in [1.29, 1.82) is 0 Å². The van der Waals surface area contributed by atoms with Crippen LogP contribution >= 0.6 is 0 Å². The molecule has 1 fully saturated rings. The minimum Gasteiger partial charge on any atom is -0.486 e. The largest absolute Gasteiger partial charge is 0.486 e. The first-order valence-electron chi connectivity index (χ1n) is 14.8. The average Bonchev–Trinajstić information content (AvgIpc) is 3.02. The highest BCUT2D eigenvalue weighted by molar-refractivity contribution is 6.07. The van der Waals surface area contributed by atoms with E-state index in [1.54, 1.807) is 30.3 Å². The van der Waals surface area contributed by atoms with Crippen LogP contribution in [0.2, 0.25) is 0 Å². The van der Waals surface area contributed by atoms with Crippen LogP contribution in [-0.4, -0.2) is 71.5 Å². The molecule has 9 nitrogen and oxygen atoms in total. The summed E-state index contributed by atoms with van der Waals surface area (Å²) in [6.45, 7) is 12.4. The van der Waals surface area contributed by atoms with Gasteiger partial charge >= 0.3 is 0 Å². The third kappa shape index (κ3) is 6.66. The highest BCUT2D eigenvalue weighted by Gasteiger charge is 2.26. The minimum atomic E-state index is -0.619. The number of carbonyl (C=O) groups excluding carboxylic acids is 2. The molecule has 3 aromatic carbocycles. The van der Waals surface area contributed by atoms with Crippen molar-refractivity contribution in [2.75, 3.05) is 50.0 Å². The van der Waals surface area contributed by atoms with Crippen molar-refractivity contribution >= 4 is 34.1 Å². The number of benzene rings is 3. The normalized spacial score (nSPS) is 15.6. The van der Waals surface area contributed by atoms with Crippen LogP contribution in [0.25, 0.3) is 10.9 Å². The highest BCUT2D eigenvalue weighted by atomic mass is 19.1.